The van der Waals surface area contributed by atoms with Crippen molar-refractivity contribution in [2.45, 2.75) is 31.8 Å². The van der Waals surface area contributed by atoms with Crippen LogP contribution in [0, 0.1) is 0 Å². The summed E-state index contributed by atoms with van der Waals surface area (Å²) in [6, 6.07) is 4.77. The first-order chi connectivity index (χ1) is 8.42. The highest BCUT2D eigenvalue weighted by molar-refractivity contribution is 5.29. The van der Waals surface area contributed by atoms with Crippen molar-refractivity contribution in [3.8, 4) is 0 Å². The Bertz CT molecular complexity index is 473. The fourth-order valence-electron chi connectivity index (χ4n) is 1.84. The van der Waals surface area contributed by atoms with Crippen molar-refractivity contribution >= 4 is 5.95 Å². The van der Waals surface area contributed by atoms with Crippen LogP contribution in [-0.2, 0) is 13.0 Å². The van der Waals surface area contributed by atoms with E-state index >= 15 is 0 Å². The number of aromatic nitrogens is 3. The first kappa shape index (κ1) is 10.3. The number of imidazole rings is 1. The second-order valence-corrected chi connectivity index (χ2v) is 4.47. The summed E-state index contributed by atoms with van der Waals surface area (Å²) < 4.78 is 2.18. The molecule has 0 saturated heterocycles. The van der Waals surface area contributed by atoms with Gasteiger partial charge in [-0.25, -0.2) is 4.98 Å². The molecule has 4 heteroatoms. The Kier molecular flexibility index (Phi) is 2.78. The van der Waals surface area contributed by atoms with Gasteiger partial charge in [0, 0.05) is 37.4 Å². The van der Waals surface area contributed by atoms with E-state index in [0.717, 1.165) is 18.9 Å². The SMILES string of the molecule is c1cc(CCn2ccnc2NC2CC2)ccn1. The van der Waals surface area contributed by atoms with Gasteiger partial charge in [-0.05, 0) is 37.0 Å². The zero-order valence-corrected chi connectivity index (χ0v) is 9.71. The molecule has 1 saturated carbocycles. The molecule has 88 valence electrons. The van der Waals surface area contributed by atoms with Crippen molar-refractivity contribution in [3.63, 3.8) is 0 Å². The minimum absolute atomic E-state index is 0.650. The molecule has 0 aromatic carbocycles. The Hall–Kier alpha value is -1.84. The van der Waals surface area contributed by atoms with Gasteiger partial charge in [0.15, 0.2) is 0 Å². The van der Waals surface area contributed by atoms with Gasteiger partial charge in [-0.2, -0.15) is 0 Å². The topological polar surface area (TPSA) is 42.7 Å². The molecule has 2 aromatic rings. The highest BCUT2D eigenvalue weighted by Gasteiger charge is 2.22. The summed E-state index contributed by atoms with van der Waals surface area (Å²) in [5, 5.41) is 3.44. The standard InChI is InChI=1S/C13H16N4/c1-2-12(1)16-13-15-8-10-17(13)9-5-11-3-6-14-7-4-11/h3-4,6-8,10,12H,1-2,5,9H2,(H,15,16). The van der Waals surface area contributed by atoms with E-state index in [9.17, 15) is 0 Å². The molecule has 0 unspecified atom stereocenters. The van der Waals surface area contributed by atoms with Gasteiger partial charge in [-0.3, -0.25) is 4.98 Å². The lowest BCUT2D eigenvalue weighted by molar-refractivity contribution is 0.698. The summed E-state index contributed by atoms with van der Waals surface area (Å²) in [6.07, 6.45) is 11.1. The molecule has 0 bridgehead atoms. The summed E-state index contributed by atoms with van der Waals surface area (Å²) in [5.74, 6) is 1.00. The van der Waals surface area contributed by atoms with Crippen molar-refractivity contribution in [3.05, 3.63) is 42.5 Å². The lowest BCUT2D eigenvalue weighted by Gasteiger charge is -2.08. The van der Waals surface area contributed by atoms with E-state index in [2.05, 4.69) is 32.0 Å². The minimum atomic E-state index is 0.650. The number of nitrogens with one attached hydrogen (secondary N) is 1. The number of nitrogens with zero attached hydrogens (tertiary/aromatic N) is 3. The summed E-state index contributed by atoms with van der Waals surface area (Å²) in [6.45, 7) is 0.957. The van der Waals surface area contributed by atoms with Crippen LogP contribution in [0.2, 0.25) is 0 Å². The average molecular weight is 228 g/mol. The summed E-state index contributed by atoms with van der Waals surface area (Å²) in [7, 11) is 0. The average Bonchev–Trinajstić information content (AvgIpc) is 3.07. The smallest absolute Gasteiger partial charge is 0.202 e. The van der Waals surface area contributed by atoms with Gasteiger partial charge in [0.05, 0.1) is 0 Å². The largest absolute Gasteiger partial charge is 0.353 e. The zero-order chi connectivity index (χ0) is 11.5. The molecule has 0 atom stereocenters. The normalized spacial score (nSPS) is 14.8. The van der Waals surface area contributed by atoms with Crippen molar-refractivity contribution in [2.24, 2.45) is 0 Å². The fourth-order valence-corrected chi connectivity index (χ4v) is 1.84. The number of aryl methyl sites for hydroxylation is 2. The molecule has 1 N–H and O–H groups in total. The van der Waals surface area contributed by atoms with Crippen LogP contribution in [0.5, 0.6) is 0 Å². The van der Waals surface area contributed by atoms with E-state index < -0.39 is 0 Å². The van der Waals surface area contributed by atoms with Crippen LogP contribution < -0.4 is 5.32 Å². The quantitative estimate of drug-likeness (QED) is 0.852. The molecule has 2 aromatic heterocycles. The Labute approximate surface area is 101 Å². The molecular weight excluding hydrogens is 212 g/mol. The summed E-state index contributed by atoms with van der Waals surface area (Å²) in [5.41, 5.74) is 1.31. The molecule has 0 spiro atoms. The van der Waals surface area contributed by atoms with E-state index in [-0.39, 0.29) is 0 Å². The number of hydrogen-bond acceptors (Lipinski definition) is 3. The third-order valence-electron chi connectivity index (χ3n) is 3.02. The van der Waals surface area contributed by atoms with Crippen LogP contribution in [0.4, 0.5) is 5.95 Å². The third kappa shape index (κ3) is 2.64. The highest BCUT2D eigenvalue weighted by Crippen LogP contribution is 2.23. The number of anilines is 1. The second-order valence-electron chi connectivity index (χ2n) is 4.47. The molecule has 1 aliphatic rings. The van der Waals surface area contributed by atoms with Crippen molar-refractivity contribution in [1.29, 1.82) is 0 Å². The number of rotatable bonds is 5. The first-order valence-corrected chi connectivity index (χ1v) is 6.08. The van der Waals surface area contributed by atoms with Crippen LogP contribution in [0.15, 0.2) is 36.9 Å². The molecule has 1 aliphatic carbocycles. The molecule has 4 nitrogen and oxygen atoms in total. The highest BCUT2D eigenvalue weighted by atomic mass is 15.2. The molecule has 0 aliphatic heterocycles. The summed E-state index contributed by atoms with van der Waals surface area (Å²) in [4.78, 5) is 8.37. The molecule has 2 heterocycles. The van der Waals surface area contributed by atoms with E-state index in [1.165, 1.54) is 18.4 Å². The maximum absolute atomic E-state index is 4.35. The van der Waals surface area contributed by atoms with Gasteiger partial charge in [-0.15, -0.1) is 0 Å². The van der Waals surface area contributed by atoms with Gasteiger partial charge in [0.1, 0.15) is 0 Å². The molecule has 1 fully saturated rings. The maximum atomic E-state index is 4.35. The molecular formula is C13H16N4. The van der Waals surface area contributed by atoms with E-state index in [1.807, 2.05) is 24.8 Å². The van der Waals surface area contributed by atoms with Gasteiger partial charge in [0.2, 0.25) is 5.95 Å². The number of hydrogen-bond donors (Lipinski definition) is 1. The lowest BCUT2D eigenvalue weighted by Crippen LogP contribution is -2.10. The third-order valence-corrected chi connectivity index (χ3v) is 3.02. The van der Waals surface area contributed by atoms with Gasteiger partial charge >= 0.3 is 0 Å². The van der Waals surface area contributed by atoms with E-state index in [0.29, 0.717) is 6.04 Å². The van der Waals surface area contributed by atoms with Gasteiger partial charge in [-0.1, -0.05) is 0 Å². The van der Waals surface area contributed by atoms with Crippen LogP contribution in [0.3, 0.4) is 0 Å². The fraction of sp³-hybridized carbons (Fsp3) is 0.385. The molecule has 0 amide bonds. The monoisotopic (exact) mass is 228 g/mol. The van der Waals surface area contributed by atoms with Crippen LogP contribution in [0.25, 0.3) is 0 Å². The predicted octanol–water partition coefficient (Wildman–Crippen LogP) is 2.10. The Morgan fingerprint density at radius 2 is 2.06 bits per heavy atom. The second kappa shape index (κ2) is 4.57. The Morgan fingerprint density at radius 1 is 1.24 bits per heavy atom. The van der Waals surface area contributed by atoms with Crippen molar-refractivity contribution < 1.29 is 0 Å². The number of pyridine rings is 1. The van der Waals surface area contributed by atoms with Crippen LogP contribution in [-0.4, -0.2) is 20.6 Å². The van der Waals surface area contributed by atoms with Gasteiger partial charge < -0.3 is 9.88 Å². The van der Waals surface area contributed by atoms with Gasteiger partial charge in [0.25, 0.3) is 0 Å². The van der Waals surface area contributed by atoms with Crippen LogP contribution in [0.1, 0.15) is 18.4 Å². The predicted molar refractivity (Wildman–Crippen MR) is 66.8 cm³/mol. The zero-order valence-electron chi connectivity index (χ0n) is 9.71. The van der Waals surface area contributed by atoms with Crippen molar-refractivity contribution in [1.82, 2.24) is 14.5 Å². The Balaban J connectivity index is 1.62. The maximum Gasteiger partial charge on any atom is 0.202 e. The summed E-state index contributed by atoms with van der Waals surface area (Å²) >= 11 is 0. The molecule has 0 radical (unpaired) electrons. The van der Waals surface area contributed by atoms with E-state index in [1.54, 1.807) is 0 Å². The molecule has 17 heavy (non-hydrogen) atoms. The first-order valence-electron chi connectivity index (χ1n) is 6.08. The van der Waals surface area contributed by atoms with E-state index in [4.69, 9.17) is 0 Å². The van der Waals surface area contributed by atoms with Crippen molar-refractivity contribution in [2.75, 3.05) is 5.32 Å². The molecule has 3 rings (SSSR count). The lowest BCUT2D eigenvalue weighted by atomic mass is 10.2. The Morgan fingerprint density at radius 3 is 2.82 bits per heavy atom. The van der Waals surface area contributed by atoms with Crippen LogP contribution >= 0.6 is 0 Å². The minimum Gasteiger partial charge on any atom is -0.353 e.